The zero-order valence-corrected chi connectivity index (χ0v) is 19.6. The summed E-state index contributed by atoms with van der Waals surface area (Å²) >= 11 is 7.46. The molecule has 0 amide bonds. The van der Waals surface area contributed by atoms with Crippen molar-refractivity contribution < 1.29 is 22.7 Å². The van der Waals surface area contributed by atoms with Crippen molar-refractivity contribution >= 4 is 43.9 Å². The molecule has 32 heavy (non-hydrogen) atoms. The molecular formula is C20H20ClN3O6S2. The molecule has 0 saturated carbocycles. The van der Waals surface area contributed by atoms with Crippen LogP contribution in [0, 0.1) is 0 Å². The average Bonchev–Trinajstić information content (AvgIpc) is 3.21. The van der Waals surface area contributed by atoms with Gasteiger partial charge in [0.15, 0.2) is 4.96 Å². The summed E-state index contributed by atoms with van der Waals surface area (Å²) in [5, 5.41) is 1.73. The number of rotatable bonds is 5. The number of fused-ring (bicyclic) bond motifs is 1. The van der Waals surface area contributed by atoms with Gasteiger partial charge in [-0.25, -0.2) is 18.2 Å². The van der Waals surface area contributed by atoms with Gasteiger partial charge in [-0.05, 0) is 32.0 Å². The van der Waals surface area contributed by atoms with E-state index in [1.54, 1.807) is 25.4 Å². The van der Waals surface area contributed by atoms with Gasteiger partial charge in [-0.3, -0.25) is 9.20 Å². The van der Waals surface area contributed by atoms with Crippen LogP contribution in [-0.4, -0.2) is 53.4 Å². The monoisotopic (exact) mass is 497 g/mol. The molecule has 9 nitrogen and oxygen atoms in total. The second-order valence-corrected chi connectivity index (χ2v) is 10.6. The van der Waals surface area contributed by atoms with Crippen molar-refractivity contribution in [2.45, 2.75) is 37.6 Å². The Balaban J connectivity index is 1.54. The minimum Gasteiger partial charge on any atom is -0.456 e. The van der Waals surface area contributed by atoms with E-state index in [1.165, 1.54) is 44.3 Å². The maximum Gasteiger partial charge on any atom is 0.338 e. The van der Waals surface area contributed by atoms with Gasteiger partial charge in [-0.1, -0.05) is 11.6 Å². The van der Waals surface area contributed by atoms with Gasteiger partial charge in [0.05, 0.1) is 28.5 Å². The molecule has 1 aliphatic rings. The molecule has 1 aromatic carbocycles. The Morgan fingerprint density at radius 2 is 2.00 bits per heavy atom. The Labute approximate surface area is 193 Å². The number of aromatic nitrogens is 2. The molecule has 2 atom stereocenters. The third-order valence-electron chi connectivity index (χ3n) is 4.88. The molecule has 2 unspecified atom stereocenters. The lowest BCUT2D eigenvalue weighted by Crippen LogP contribution is -2.48. The molecule has 0 spiro atoms. The lowest BCUT2D eigenvalue weighted by molar-refractivity contribution is -0.0440. The Bertz CT molecular complexity index is 1330. The van der Waals surface area contributed by atoms with E-state index in [0.29, 0.717) is 10.7 Å². The van der Waals surface area contributed by atoms with Gasteiger partial charge < -0.3 is 9.47 Å². The molecular weight excluding hydrogens is 478 g/mol. The van der Waals surface area contributed by atoms with E-state index < -0.39 is 16.0 Å². The number of nitrogens with zero attached hydrogens (tertiary/aromatic N) is 3. The summed E-state index contributed by atoms with van der Waals surface area (Å²) in [4.78, 5) is 29.2. The number of thiazole rings is 1. The Kier molecular flexibility index (Phi) is 6.37. The van der Waals surface area contributed by atoms with E-state index in [2.05, 4.69) is 4.98 Å². The quantitative estimate of drug-likeness (QED) is 0.498. The Morgan fingerprint density at radius 3 is 2.72 bits per heavy atom. The number of benzene rings is 1. The molecule has 0 aliphatic carbocycles. The van der Waals surface area contributed by atoms with Crippen LogP contribution in [0.4, 0.5) is 0 Å². The number of hydrogen-bond donors (Lipinski definition) is 0. The predicted octanol–water partition coefficient (Wildman–Crippen LogP) is 2.56. The van der Waals surface area contributed by atoms with Gasteiger partial charge >= 0.3 is 5.97 Å². The number of sulfonamides is 1. The van der Waals surface area contributed by atoms with Gasteiger partial charge in [0.2, 0.25) is 10.0 Å². The molecule has 0 radical (unpaired) electrons. The van der Waals surface area contributed by atoms with Crippen LogP contribution in [0.3, 0.4) is 0 Å². The minimum atomic E-state index is -3.95. The third kappa shape index (κ3) is 4.57. The molecule has 1 fully saturated rings. The topological polar surface area (TPSA) is 107 Å². The smallest absolute Gasteiger partial charge is 0.338 e. The number of morpholine rings is 1. The summed E-state index contributed by atoms with van der Waals surface area (Å²) in [6.45, 7) is 3.72. The van der Waals surface area contributed by atoms with Crippen LogP contribution < -0.4 is 5.56 Å². The summed E-state index contributed by atoms with van der Waals surface area (Å²) in [7, 11) is -3.95. The molecule has 3 heterocycles. The van der Waals surface area contributed by atoms with Gasteiger partial charge in [0.25, 0.3) is 5.56 Å². The fraction of sp³-hybridized carbons (Fsp3) is 0.350. The molecule has 2 aromatic heterocycles. The van der Waals surface area contributed by atoms with E-state index in [4.69, 9.17) is 21.1 Å². The SMILES string of the molecule is CC1CN(S(=O)(=O)c2cc(C(=O)OCc3cc(=O)n4ccsc4n3)ccc2Cl)CC(C)O1. The maximum absolute atomic E-state index is 13.2. The van der Waals surface area contributed by atoms with Crippen molar-refractivity contribution in [1.82, 2.24) is 13.7 Å². The summed E-state index contributed by atoms with van der Waals surface area (Å²) in [6.07, 6.45) is 1.08. The minimum absolute atomic E-state index is 0.00573. The first-order chi connectivity index (χ1) is 15.1. The van der Waals surface area contributed by atoms with Gasteiger partial charge in [-0.2, -0.15) is 4.31 Å². The lowest BCUT2D eigenvalue weighted by Gasteiger charge is -2.34. The van der Waals surface area contributed by atoms with Crippen LogP contribution in [0.15, 0.2) is 45.5 Å². The van der Waals surface area contributed by atoms with Crippen LogP contribution in [-0.2, 0) is 26.1 Å². The second-order valence-electron chi connectivity index (χ2n) is 7.44. The number of esters is 1. The second kappa shape index (κ2) is 8.91. The number of hydrogen-bond acceptors (Lipinski definition) is 8. The van der Waals surface area contributed by atoms with Gasteiger partial charge in [0, 0.05) is 30.7 Å². The highest BCUT2D eigenvalue weighted by Gasteiger charge is 2.34. The van der Waals surface area contributed by atoms with Crippen molar-refractivity contribution in [2.24, 2.45) is 0 Å². The average molecular weight is 498 g/mol. The van der Waals surface area contributed by atoms with Crippen molar-refractivity contribution in [1.29, 1.82) is 0 Å². The van der Waals surface area contributed by atoms with E-state index in [0.717, 1.165) is 0 Å². The number of carbonyl (C=O) groups is 1. The molecule has 1 saturated heterocycles. The van der Waals surface area contributed by atoms with Crippen LogP contribution in [0.5, 0.6) is 0 Å². The fourth-order valence-corrected chi connectivity index (χ4v) is 6.31. The first kappa shape index (κ1) is 22.9. The van der Waals surface area contributed by atoms with E-state index in [1.807, 2.05) is 0 Å². The van der Waals surface area contributed by atoms with Crippen LogP contribution in [0.1, 0.15) is 29.9 Å². The molecule has 3 aromatic rings. The summed E-state index contributed by atoms with van der Waals surface area (Å²) in [6, 6.07) is 5.22. The highest BCUT2D eigenvalue weighted by Crippen LogP contribution is 2.28. The first-order valence-electron chi connectivity index (χ1n) is 9.73. The standard InChI is InChI=1S/C20H20ClN3O6S2/c1-12-9-23(10-13(2)30-12)32(27,28)17-7-14(3-4-16(17)21)19(26)29-11-15-8-18(25)24-5-6-31-20(24)22-15/h3-8,12-13H,9-11H2,1-2H3. The first-order valence-corrected chi connectivity index (χ1v) is 12.4. The molecule has 170 valence electrons. The Morgan fingerprint density at radius 1 is 1.28 bits per heavy atom. The van der Waals surface area contributed by atoms with Gasteiger partial charge in [0.1, 0.15) is 11.5 Å². The molecule has 0 N–H and O–H groups in total. The molecule has 4 rings (SSSR count). The fourth-order valence-electron chi connectivity index (χ4n) is 3.48. The van der Waals surface area contributed by atoms with Crippen LogP contribution in [0.25, 0.3) is 4.96 Å². The zero-order chi connectivity index (χ0) is 23.0. The largest absolute Gasteiger partial charge is 0.456 e. The van der Waals surface area contributed by atoms with E-state index in [-0.39, 0.29) is 52.9 Å². The third-order valence-corrected chi connectivity index (χ3v) is 7.95. The lowest BCUT2D eigenvalue weighted by atomic mass is 10.2. The highest BCUT2D eigenvalue weighted by atomic mass is 35.5. The van der Waals surface area contributed by atoms with E-state index >= 15 is 0 Å². The predicted molar refractivity (Wildman–Crippen MR) is 119 cm³/mol. The summed E-state index contributed by atoms with van der Waals surface area (Å²) in [5.41, 5.74) is 0.0382. The zero-order valence-electron chi connectivity index (χ0n) is 17.2. The highest BCUT2D eigenvalue weighted by molar-refractivity contribution is 7.89. The van der Waals surface area contributed by atoms with Crippen molar-refractivity contribution in [3.8, 4) is 0 Å². The normalized spacial score (nSPS) is 19.8. The number of carbonyl (C=O) groups excluding carboxylic acids is 1. The van der Waals surface area contributed by atoms with Gasteiger partial charge in [-0.15, -0.1) is 11.3 Å². The van der Waals surface area contributed by atoms with Crippen molar-refractivity contribution in [3.63, 3.8) is 0 Å². The number of ether oxygens (including phenoxy) is 2. The molecule has 0 bridgehead atoms. The summed E-state index contributed by atoms with van der Waals surface area (Å²) in [5.74, 6) is -0.755. The van der Waals surface area contributed by atoms with Crippen LogP contribution in [0.2, 0.25) is 5.02 Å². The Hall–Kier alpha value is -2.31. The van der Waals surface area contributed by atoms with E-state index in [9.17, 15) is 18.0 Å². The molecule has 12 heteroatoms. The van der Waals surface area contributed by atoms with Crippen molar-refractivity contribution in [2.75, 3.05) is 13.1 Å². The maximum atomic E-state index is 13.2. The number of halogens is 1. The molecule has 1 aliphatic heterocycles. The summed E-state index contributed by atoms with van der Waals surface area (Å²) < 4.78 is 39.9. The van der Waals surface area contributed by atoms with Crippen molar-refractivity contribution in [3.05, 3.63) is 62.5 Å². The van der Waals surface area contributed by atoms with Crippen LogP contribution >= 0.6 is 22.9 Å².